The number of hydrogen-bond donors (Lipinski definition) is 0. The molecule has 0 spiro atoms. The summed E-state index contributed by atoms with van der Waals surface area (Å²) in [5.74, 6) is 0.113. The van der Waals surface area contributed by atoms with Gasteiger partial charge in [-0.1, -0.05) is 0 Å². The maximum Gasteiger partial charge on any atom is 0.0734 e. The predicted molar refractivity (Wildman–Crippen MR) is 44.6 cm³/mol. The maximum absolute atomic E-state index is 8.73. The van der Waals surface area contributed by atoms with E-state index in [1.54, 1.807) is 7.11 Å². The molecule has 12 heavy (non-hydrogen) atoms. The molecule has 2 atom stereocenters. The van der Waals surface area contributed by atoms with Crippen LogP contribution in [-0.2, 0) is 9.47 Å². The van der Waals surface area contributed by atoms with Gasteiger partial charge in [-0.3, -0.25) is 0 Å². The van der Waals surface area contributed by atoms with Crippen LogP contribution in [0.3, 0.4) is 0 Å². The zero-order valence-corrected chi connectivity index (χ0v) is 7.45. The third-order valence-corrected chi connectivity index (χ3v) is 2.24. The van der Waals surface area contributed by atoms with Gasteiger partial charge in [0.25, 0.3) is 0 Å². The van der Waals surface area contributed by atoms with Gasteiger partial charge in [0.05, 0.1) is 31.3 Å². The molecule has 1 aliphatic rings. The van der Waals surface area contributed by atoms with Crippen LogP contribution >= 0.6 is 0 Å². The van der Waals surface area contributed by atoms with Crippen LogP contribution in [0.2, 0.25) is 0 Å². The van der Waals surface area contributed by atoms with E-state index in [1.807, 2.05) is 0 Å². The van der Waals surface area contributed by atoms with Crippen LogP contribution in [0.1, 0.15) is 19.3 Å². The first-order chi connectivity index (χ1) is 5.88. The van der Waals surface area contributed by atoms with E-state index in [0.29, 0.717) is 13.2 Å². The van der Waals surface area contributed by atoms with Crippen molar-refractivity contribution in [3.63, 3.8) is 0 Å². The van der Waals surface area contributed by atoms with Crippen molar-refractivity contribution in [3.8, 4) is 6.07 Å². The molecule has 0 amide bonds. The molecule has 0 radical (unpaired) electrons. The Kier molecular flexibility index (Phi) is 4.06. The van der Waals surface area contributed by atoms with Gasteiger partial charge in [-0.2, -0.15) is 5.26 Å². The number of rotatable bonds is 4. The highest BCUT2D eigenvalue weighted by molar-refractivity contribution is 4.93. The van der Waals surface area contributed by atoms with Crippen molar-refractivity contribution in [2.45, 2.75) is 25.4 Å². The summed E-state index contributed by atoms with van der Waals surface area (Å²) in [4.78, 5) is 0. The third kappa shape index (κ3) is 2.47. The van der Waals surface area contributed by atoms with Crippen LogP contribution in [-0.4, -0.2) is 26.4 Å². The average molecular weight is 169 g/mol. The van der Waals surface area contributed by atoms with Gasteiger partial charge in [0.1, 0.15) is 0 Å². The van der Waals surface area contributed by atoms with Crippen LogP contribution in [0.4, 0.5) is 0 Å². The second-order valence-corrected chi connectivity index (χ2v) is 3.07. The van der Waals surface area contributed by atoms with Crippen LogP contribution in [0, 0.1) is 17.2 Å². The molecular weight excluding hydrogens is 154 g/mol. The Morgan fingerprint density at radius 3 is 2.92 bits per heavy atom. The van der Waals surface area contributed by atoms with Crippen LogP contribution < -0.4 is 0 Å². The molecule has 0 aromatic heterocycles. The normalized spacial score (nSPS) is 28.7. The first kappa shape index (κ1) is 9.50. The second-order valence-electron chi connectivity index (χ2n) is 3.07. The summed E-state index contributed by atoms with van der Waals surface area (Å²) in [5.41, 5.74) is 0. The van der Waals surface area contributed by atoms with E-state index in [2.05, 4.69) is 6.07 Å². The van der Waals surface area contributed by atoms with Crippen molar-refractivity contribution in [3.05, 3.63) is 0 Å². The molecular formula is C9H15NO2. The standard InChI is InChI=1S/C9H15NO2/c1-11-5-6-12-9-4-2-3-8(9)7-10/h8-9H,2-6H2,1H3. The van der Waals surface area contributed by atoms with Gasteiger partial charge in [-0.05, 0) is 19.3 Å². The lowest BCUT2D eigenvalue weighted by molar-refractivity contribution is 0.00880. The molecule has 1 fully saturated rings. The van der Waals surface area contributed by atoms with Crippen molar-refractivity contribution < 1.29 is 9.47 Å². The SMILES string of the molecule is COCCOC1CCCC1C#N. The van der Waals surface area contributed by atoms with Gasteiger partial charge in [0.2, 0.25) is 0 Å². The quantitative estimate of drug-likeness (QED) is 0.596. The Labute approximate surface area is 73.3 Å². The van der Waals surface area contributed by atoms with Crippen molar-refractivity contribution in [1.82, 2.24) is 0 Å². The molecule has 3 heteroatoms. The fourth-order valence-corrected chi connectivity index (χ4v) is 1.56. The van der Waals surface area contributed by atoms with Gasteiger partial charge >= 0.3 is 0 Å². The van der Waals surface area contributed by atoms with Gasteiger partial charge in [0, 0.05) is 7.11 Å². The van der Waals surface area contributed by atoms with Crippen molar-refractivity contribution >= 4 is 0 Å². The summed E-state index contributed by atoms with van der Waals surface area (Å²) in [6.45, 7) is 1.23. The first-order valence-electron chi connectivity index (χ1n) is 4.38. The Hall–Kier alpha value is -0.590. The maximum atomic E-state index is 8.73. The Balaban J connectivity index is 2.18. The summed E-state index contributed by atoms with van der Waals surface area (Å²) in [7, 11) is 1.65. The fourth-order valence-electron chi connectivity index (χ4n) is 1.56. The number of methoxy groups -OCH3 is 1. The van der Waals surface area contributed by atoms with Crippen molar-refractivity contribution in [1.29, 1.82) is 5.26 Å². The molecule has 0 saturated heterocycles. The van der Waals surface area contributed by atoms with Crippen LogP contribution in [0.25, 0.3) is 0 Å². The third-order valence-electron chi connectivity index (χ3n) is 2.24. The molecule has 0 heterocycles. The molecule has 0 aromatic rings. The number of hydrogen-bond acceptors (Lipinski definition) is 3. The van der Waals surface area contributed by atoms with E-state index in [9.17, 15) is 0 Å². The summed E-state index contributed by atoms with van der Waals surface area (Å²) >= 11 is 0. The number of ether oxygens (including phenoxy) is 2. The zero-order chi connectivity index (χ0) is 8.81. The molecule has 0 aliphatic heterocycles. The molecule has 0 N–H and O–H groups in total. The van der Waals surface area contributed by atoms with Crippen LogP contribution in [0.15, 0.2) is 0 Å². The van der Waals surface area contributed by atoms with Gasteiger partial charge < -0.3 is 9.47 Å². The summed E-state index contributed by atoms with van der Waals surface area (Å²) < 4.78 is 10.4. The molecule has 1 saturated carbocycles. The minimum atomic E-state index is 0.113. The molecule has 68 valence electrons. The van der Waals surface area contributed by atoms with Crippen molar-refractivity contribution in [2.75, 3.05) is 20.3 Å². The van der Waals surface area contributed by atoms with Gasteiger partial charge in [-0.15, -0.1) is 0 Å². The minimum Gasteiger partial charge on any atom is -0.382 e. The molecule has 3 nitrogen and oxygen atoms in total. The monoisotopic (exact) mass is 169 g/mol. The lowest BCUT2D eigenvalue weighted by atomic mass is 10.1. The molecule has 2 unspecified atom stereocenters. The Morgan fingerprint density at radius 1 is 1.42 bits per heavy atom. The van der Waals surface area contributed by atoms with E-state index in [0.717, 1.165) is 19.3 Å². The minimum absolute atomic E-state index is 0.113. The Morgan fingerprint density at radius 2 is 2.25 bits per heavy atom. The summed E-state index contributed by atoms with van der Waals surface area (Å²) in [5, 5.41) is 8.73. The largest absolute Gasteiger partial charge is 0.382 e. The number of nitrogens with zero attached hydrogens (tertiary/aromatic N) is 1. The lowest BCUT2D eigenvalue weighted by Crippen LogP contribution is -2.19. The Bertz CT molecular complexity index is 164. The van der Waals surface area contributed by atoms with Gasteiger partial charge in [-0.25, -0.2) is 0 Å². The molecule has 0 bridgehead atoms. The highest BCUT2D eigenvalue weighted by Gasteiger charge is 2.27. The molecule has 1 rings (SSSR count). The molecule has 1 aliphatic carbocycles. The van der Waals surface area contributed by atoms with E-state index in [4.69, 9.17) is 14.7 Å². The van der Waals surface area contributed by atoms with Crippen molar-refractivity contribution in [2.24, 2.45) is 5.92 Å². The van der Waals surface area contributed by atoms with E-state index >= 15 is 0 Å². The van der Waals surface area contributed by atoms with E-state index < -0.39 is 0 Å². The highest BCUT2D eigenvalue weighted by Crippen LogP contribution is 2.27. The fraction of sp³-hybridized carbons (Fsp3) is 0.889. The van der Waals surface area contributed by atoms with E-state index in [-0.39, 0.29) is 12.0 Å². The highest BCUT2D eigenvalue weighted by atomic mass is 16.5. The van der Waals surface area contributed by atoms with E-state index in [1.165, 1.54) is 0 Å². The first-order valence-corrected chi connectivity index (χ1v) is 4.38. The van der Waals surface area contributed by atoms with Crippen LogP contribution in [0.5, 0.6) is 0 Å². The lowest BCUT2D eigenvalue weighted by Gasteiger charge is -2.13. The summed E-state index contributed by atoms with van der Waals surface area (Å²) in [6, 6.07) is 2.28. The summed E-state index contributed by atoms with van der Waals surface area (Å²) in [6.07, 6.45) is 3.30. The molecule has 0 aromatic carbocycles. The zero-order valence-electron chi connectivity index (χ0n) is 7.45. The number of nitriles is 1. The topological polar surface area (TPSA) is 42.2 Å². The average Bonchev–Trinajstić information content (AvgIpc) is 2.52. The predicted octanol–water partition coefficient (Wildman–Crippen LogP) is 1.34. The second kappa shape index (κ2) is 5.13. The van der Waals surface area contributed by atoms with Gasteiger partial charge in [0.15, 0.2) is 0 Å². The smallest absolute Gasteiger partial charge is 0.0734 e.